The van der Waals surface area contributed by atoms with Gasteiger partial charge in [-0.2, -0.15) is 0 Å². The maximum absolute atomic E-state index is 13.2. The SMILES string of the molecule is COC(=O)c1ccc(CNC(=O)c2cc(C(=O)NCc3ccc(C(=O)OC)cc3)cc(C(=O)NCc3ccc(C(=O)OC)cc3)c2)cc1. The lowest BCUT2D eigenvalue weighted by Crippen LogP contribution is -2.28. The van der Waals surface area contributed by atoms with Crippen LogP contribution < -0.4 is 16.0 Å². The summed E-state index contributed by atoms with van der Waals surface area (Å²) in [4.78, 5) is 74.9. The van der Waals surface area contributed by atoms with Gasteiger partial charge in [0.1, 0.15) is 0 Å². The lowest BCUT2D eigenvalue weighted by molar-refractivity contribution is 0.0592. The Morgan fingerprint density at radius 2 is 0.625 bits per heavy atom. The molecule has 0 radical (unpaired) electrons. The summed E-state index contributed by atoms with van der Waals surface area (Å²) in [5.74, 6) is -3.05. The molecule has 246 valence electrons. The average Bonchev–Trinajstić information content (AvgIpc) is 3.14. The van der Waals surface area contributed by atoms with E-state index >= 15 is 0 Å². The maximum Gasteiger partial charge on any atom is 0.337 e. The van der Waals surface area contributed by atoms with Crippen LogP contribution in [0.3, 0.4) is 0 Å². The van der Waals surface area contributed by atoms with Crippen molar-refractivity contribution >= 4 is 35.6 Å². The molecule has 12 nitrogen and oxygen atoms in total. The fourth-order valence-electron chi connectivity index (χ4n) is 4.50. The summed E-state index contributed by atoms with van der Waals surface area (Å²) in [5.41, 5.74) is 3.43. The monoisotopic (exact) mass is 651 g/mol. The van der Waals surface area contributed by atoms with Gasteiger partial charge in [0.15, 0.2) is 0 Å². The van der Waals surface area contributed by atoms with Crippen LogP contribution in [0.25, 0.3) is 0 Å². The lowest BCUT2D eigenvalue weighted by Gasteiger charge is -2.12. The van der Waals surface area contributed by atoms with Crippen LogP contribution in [0.4, 0.5) is 0 Å². The molecule has 0 aliphatic carbocycles. The van der Waals surface area contributed by atoms with Crippen LogP contribution in [0.1, 0.15) is 78.8 Å². The molecule has 0 fully saturated rings. The molecule has 0 spiro atoms. The van der Waals surface area contributed by atoms with E-state index < -0.39 is 35.6 Å². The molecule has 48 heavy (non-hydrogen) atoms. The number of hydrogen-bond donors (Lipinski definition) is 3. The molecule has 3 N–H and O–H groups in total. The van der Waals surface area contributed by atoms with E-state index in [0.29, 0.717) is 33.4 Å². The van der Waals surface area contributed by atoms with Gasteiger partial charge in [0, 0.05) is 36.3 Å². The Morgan fingerprint density at radius 1 is 0.396 bits per heavy atom. The number of esters is 3. The molecular weight excluding hydrogens is 618 g/mol. The number of amides is 3. The highest BCUT2D eigenvalue weighted by Crippen LogP contribution is 2.14. The van der Waals surface area contributed by atoms with Crippen LogP contribution in [0.5, 0.6) is 0 Å². The van der Waals surface area contributed by atoms with E-state index in [9.17, 15) is 28.8 Å². The van der Waals surface area contributed by atoms with E-state index in [1.165, 1.54) is 39.5 Å². The van der Waals surface area contributed by atoms with Crippen molar-refractivity contribution in [3.05, 3.63) is 141 Å². The quantitative estimate of drug-likeness (QED) is 0.152. The standard InChI is InChI=1S/C36H33N3O9/c1-46-34(43)25-10-4-22(5-11-25)19-37-31(40)28-16-29(32(41)38-20-23-6-12-26(13-7-23)35(44)47-2)18-30(17-28)33(42)39-21-24-8-14-27(15-9-24)36(45)48-3/h4-18H,19-21H2,1-3H3,(H,37,40)(H,38,41)(H,39,42). The van der Waals surface area contributed by atoms with Gasteiger partial charge in [-0.25, -0.2) is 14.4 Å². The summed E-state index contributed by atoms with van der Waals surface area (Å²) >= 11 is 0. The fraction of sp³-hybridized carbons (Fsp3) is 0.167. The second-order valence-corrected chi connectivity index (χ2v) is 10.4. The number of hydrogen-bond acceptors (Lipinski definition) is 9. The van der Waals surface area contributed by atoms with Gasteiger partial charge in [-0.15, -0.1) is 0 Å². The van der Waals surface area contributed by atoms with Crippen LogP contribution >= 0.6 is 0 Å². The smallest absolute Gasteiger partial charge is 0.337 e. The number of carbonyl (C=O) groups is 6. The molecule has 0 aromatic heterocycles. The molecule has 4 rings (SSSR count). The Balaban J connectivity index is 1.51. The number of rotatable bonds is 12. The highest BCUT2D eigenvalue weighted by Gasteiger charge is 2.17. The summed E-state index contributed by atoms with van der Waals surface area (Å²) in [6.07, 6.45) is 0. The van der Waals surface area contributed by atoms with Crippen molar-refractivity contribution in [3.8, 4) is 0 Å². The van der Waals surface area contributed by atoms with Crippen LogP contribution in [0.2, 0.25) is 0 Å². The zero-order valence-electron chi connectivity index (χ0n) is 26.5. The summed E-state index contributed by atoms with van der Waals surface area (Å²) < 4.78 is 14.1. The molecule has 0 saturated carbocycles. The second-order valence-electron chi connectivity index (χ2n) is 10.4. The van der Waals surface area contributed by atoms with E-state index in [4.69, 9.17) is 14.2 Å². The van der Waals surface area contributed by atoms with Gasteiger partial charge >= 0.3 is 17.9 Å². The Labute approximate surface area is 276 Å². The van der Waals surface area contributed by atoms with Gasteiger partial charge < -0.3 is 30.2 Å². The highest BCUT2D eigenvalue weighted by atomic mass is 16.5. The second kappa shape index (κ2) is 16.3. The number of carbonyl (C=O) groups excluding carboxylic acids is 6. The lowest BCUT2D eigenvalue weighted by atomic mass is 10.0. The van der Waals surface area contributed by atoms with Crippen molar-refractivity contribution in [1.29, 1.82) is 0 Å². The van der Waals surface area contributed by atoms with Crippen molar-refractivity contribution in [1.82, 2.24) is 16.0 Å². The molecule has 4 aromatic rings. The molecule has 0 unspecified atom stereocenters. The number of nitrogens with one attached hydrogen (secondary N) is 3. The molecule has 4 aromatic carbocycles. The maximum atomic E-state index is 13.2. The van der Waals surface area contributed by atoms with E-state index in [2.05, 4.69) is 16.0 Å². The first-order chi connectivity index (χ1) is 23.1. The van der Waals surface area contributed by atoms with Gasteiger partial charge in [-0.3, -0.25) is 14.4 Å². The van der Waals surface area contributed by atoms with Gasteiger partial charge in [0.2, 0.25) is 0 Å². The van der Waals surface area contributed by atoms with E-state index in [1.807, 2.05) is 0 Å². The minimum Gasteiger partial charge on any atom is -0.465 e. The average molecular weight is 652 g/mol. The largest absolute Gasteiger partial charge is 0.465 e. The molecule has 0 aliphatic rings. The van der Waals surface area contributed by atoms with Crippen molar-refractivity contribution in [2.45, 2.75) is 19.6 Å². The molecule has 0 saturated heterocycles. The molecule has 12 heteroatoms. The summed E-state index contributed by atoms with van der Waals surface area (Å²) in [5, 5.41) is 8.31. The normalized spacial score (nSPS) is 10.3. The Morgan fingerprint density at radius 3 is 0.833 bits per heavy atom. The predicted molar refractivity (Wildman–Crippen MR) is 173 cm³/mol. The zero-order chi connectivity index (χ0) is 34.6. The first-order valence-corrected chi connectivity index (χ1v) is 14.6. The van der Waals surface area contributed by atoms with Crippen LogP contribution in [0, 0.1) is 0 Å². The molecule has 0 heterocycles. The van der Waals surface area contributed by atoms with Crippen molar-refractivity contribution in [2.75, 3.05) is 21.3 Å². The van der Waals surface area contributed by atoms with E-state index in [1.54, 1.807) is 72.8 Å². The van der Waals surface area contributed by atoms with E-state index in [0.717, 1.165) is 0 Å². The molecule has 0 atom stereocenters. The first-order valence-electron chi connectivity index (χ1n) is 14.6. The first kappa shape index (κ1) is 34.6. The number of methoxy groups -OCH3 is 3. The molecule has 0 aliphatic heterocycles. The van der Waals surface area contributed by atoms with Crippen molar-refractivity contribution in [2.24, 2.45) is 0 Å². The fourth-order valence-corrected chi connectivity index (χ4v) is 4.50. The van der Waals surface area contributed by atoms with Gasteiger partial charge in [-0.05, 0) is 71.3 Å². The van der Waals surface area contributed by atoms with Gasteiger partial charge in [-0.1, -0.05) is 36.4 Å². The molecule has 0 bridgehead atoms. The van der Waals surface area contributed by atoms with E-state index in [-0.39, 0.29) is 36.3 Å². The van der Waals surface area contributed by atoms with Gasteiger partial charge in [0.25, 0.3) is 17.7 Å². The third kappa shape index (κ3) is 9.13. The van der Waals surface area contributed by atoms with Gasteiger partial charge in [0.05, 0.1) is 38.0 Å². The molecule has 3 amide bonds. The Hall–Kier alpha value is -6.30. The third-order valence-corrected chi connectivity index (χ3v) is 7.20. The summed E-state index contributed by atoms with van der Waals surface area (Å²) in [6.45, 7) is 0.337. The highest BCUT2D eigenvalue weighted by molar-refractivity contribution is 6.04. The van der Waals surface area contributed by atoms with Crippen molar-refractivity contribution < 1.29 is 43.0 Å². The zero-order valence-corrected chi connectivity index (χ0v) is 26.5. The van der Waals surface area contributed by atoms with Crippen molar-refractivity contribution in [3.63, 3.8) is 0 Å². The summed E-state index contributed by atoms with van der Waals surface area (Å²) in [6, 6.07) is 23.6. The Kier molecular flexibility index (Phi) is 11.8. The molecular formula is C36H33N3O9. The summed E-state index contributed by atoms with van der Waals surface area (Å²) in [7, 11) is 3.85. The van der Waals surface area contributed by atoms with Crippen LogP contribution in [-0.2, 0) is 33.8 Å². The predicted octanol–water partition coefficient (Wildman–Crippen LogP) is 3.84. The topological polar surface area (TPSA) is 166 Å². The number of benzene rings is 4. The third-order valence-electron chi connectivity index (χ3n) is 7.20. The van der Waals surface area contributed by atoms with Crippen LogP contribution in [-0.4, -0.2) is 57.0 Å². The number of ether oxygens (including phenoxy) is 3. The minimum atomic E-state index is -0.535. The van der Waals surface area contributed by atoms with Crippen LogP contribution in [0.15, 0.2) is 91.0 Å². The Bertz CT molecular complexity index is 1590. The minimum absolute atomic E-state index is 0.0730.